The van der Waals surface area contributed by atoms with E-state index in [2.05, 4.69) is 13.8 Å². The number of ether oxygens (including phenoxy) is 1. The summed E-state index contributed by atoms with van der Waals surface area (Å²) in [5.74, 6) is -0.779. The zero-order valence-corrected chi connectivity index (χ0v) is 9.03. The molecule has 0 heterocycles. The monoisotopic (exact) mass is 200 g/mol. The summed E-state index contributed by atoms with van der Waals surface area (Å²) in [6.45, 7) is 4.18. The van der Waals surface area contributed by atoms with Crippen molar-refractivity contribution in [3.63, 3.8) is 0 Å². The fraction of sp³-hybridized carbons (Fsp3) is 0.909. The third-order valence-corrected chi connectivity index (χ3v) is 3.02. The van der Waals surface area contributed by atoms with Crippen LogP contribution < -0.4 is 0 Å². The summed E-state index contributed by atoms with van der Waals surface area (Å²) < 4.78 is 5.78. The number of carboxylic acids is 1. The zero-order valence-electron chi connectivity index (χ0n) is 9.03. The van der Waals surface area contributed by atoms with Crippen LogP contribution in [0, 0.1) is 5.92 Å². The highest BCUT2D eigenvalue weighted by Crippen LogP contribution is 2.27. The lowest BCUT2D eigenvalue weighted by Crippen LogP contribution is -2.28. The van der Waals surface area contributed by atoms with Gasteiger partial charge in [-0.1, -0.05) is 6.92 Å². The maximum atomic E-state index is 10.7. The summed E-state index contributed by atoms with van der Waals surface area (Å²) in [7, 11) is 0. The molecule has 0 aromatic heterocycles. The minimum atomic E-state index is -0.646. The van der Waals surface area contributed by atoms with Crippen molar-refractivity contribution >= 4 is 5.97 Å². The second-order valence-corrected chi connectivity index (χ2v) is 4.17. The van der Waals surface area contributed by atoms with Crippen LogP contribution in [0.15, 0.2) is 0 Å². The van der Waals surface area contributed by atoms with Crippen LogP contribution in [0.4, 0.5) is 0 Å². The van der Waals surface area contributed by atoms with Crippen LogP contribution >= 0.6 is 0 Å². The number of rotatable bonds is 4. The number of carboxylic acid groups (broad SMARTS) is 1. The molecule has 3 nitrogen and oxygen atoms in total. The minimum Gasteiger partial charge on any atom is -0.481 e. The van der Waals surface area contributed by atoms with Crippen LogP contribution in [-0.4, -0.2) is 23.3 Å². The van der Waals surface area contributed by atoms with Crippen LogP contribution in [0.5, 0.6) is 0 Å². The van der Waals surface area contributed by atoms with E-state index in [-0.39, 0.29) is 5.92 Å². The Kier molecular flexibility index (Phi) is 4.39. The van der Waals surface area contributed by atoms with Gasteiger partial charge in [0.25, 0.3) is 0 Å². The lowest BCUT2D eigenvalue weighted by Gasteiger charge is -2.28. The van der Waals surface area contributed by atoms with Crippen LogP contribution in [0.25, 0.3) is 0 Å². The molecule has 1 aliphatic rings. The first-order chi connectivity index (χ1) is 6.63. The third kappa shape index (κ3) is 3.29. The molecule has 3 heteroatoms. The Morgan fingerprint density at radius 1 is 1.43 bits per heavy atom. The summed E-state index contributed by atoms with van der Waals surface area (Å²) in [4.78, 5) is 10.7. The highest BCUT2D eigenvalue weighted by molar-refractivity contribution is 5.69. The van der Waals surface area contributed by atoms with Crippen molar-refractivity contribution in [2.75, 3.05) is 0 Å². The third-order valence-electron chi connectivity index (χ3n) is 3.02. The molecule has 1 atom stereocenters. The Hall–Kier alpha value is -0.570. The Morgan fingerprint density at radius 3 is 2.43 bits per heavy atom. The average molecular weight is 200 g/mol. The Labute approximate surface area is 85.5 Å². The van der Waals surface area contributed by atoms with Crippen LogP contribution in [0.2, 0.25) is 0 Å². The van der Waals surface area contributed by atoms with E-state index in [1.54, 1.807) is 0 Å². The van der Waals surface area contributed by atoms with E-state index < -0.39 is 5.97 Å². The van der Waals surface area contributed by atoms with Crippen molar-refractivity contribution in [3.8, 4) is 0 Å². The van der Waals surface area contributed by atoms with Crippen LogP contribution in [0.3, 0.4) is 0 Å². The molecule has 0 aromatic rings. The first-order valence-electron chi connectivity index (χ1n) is 5.51. The van der Waals surface area contributed by atoms with Crippen molar-refractivity contribution < 1.29 is 14.6 Å². The van der Waals surface area contributed by atoms with Gasteiger partial charge in [0.2, 0.25) is 0 Å². The molecule has 1 rings (SSSR count). The van der Waals surface area contributed by atoms with E-state index in [9.17, 15) is 4.79 Å². The van der Waals surface area contributed by atoms with E-state index in [0.717, 1.165) is 32.1 Å². The van der Waals surface area contributed by atoms with Crippen molar-refractivity contribution in [2.45, 2.75) is 58.2 Å². The van der Waals surface area contributed by atoms with E-state index >= 15 is 0 Å². The first-order valence-corrected chi connectivity index (χ1v) is 5.51. The van der Waals surface area contributed by atoms with Crippen molar-refractivity contribution in [1.29, 1.82) is 0 Å². The van der Waals surface area contributed by atoms with Crippen molar-refractivity contribution in [1.82, 2.24) is 0 Å². The molecule has 1 saturated carbocycles. The van der Waals surface area contributed by atoms with Gasteiger partial charge in [-0.2, -0.15) is 0 Å². The fourth-order valence-corrected chi connectivity index (χ4v) is 1.87. The molecule has 1 aliphatic carbocycles. The second kappa shape index (κ2) is 5.35. The van der Waals surface area contributed by atoms with Gasteiger partial charge in [0.05, 0.1) is 18.1 Å². The zero-order chi connectivity index (χ0) is 10.6. The smallest absolute Gasteiger partial charge is 0.306 e. The summed E-state index contributed by atoms with van der Waals surface area (Å²) in [6.07, 6.45) is 4.98. The van der Waals surface area contributed by atoms with Gasteiger partial charge in [-0.3, -0.25) is 4.79 Å². The number of hydrogen-bond acceptors (Lipinski definition) is 2. The maximum Gasteiger partial charge on any atom is 0.306 e. The first kappa shape index (κ1) is 11.5. The van der Waals surface area contributed by atoms with Gasteiger partial charge in [-0.05, 0) is 39.0 Å². The second-order valence-electron chi connectivity index (χ2n) is 4.17. The molecule has 82 valence electrons. The molecule has 0 spiro atoms. The summed E-state index contributed by atoms with van der Waals surface area (Å²) >= 11 is 0. The maximum absolute atomic E-state index is 10.7. The highest BCUT2D eigenvalue weighted by atomic mass is 16.5. The van der Waals surface area contributed by atoms with Crippen LogP contribution in [0.1, 0.15) is 46.0 Å². The molecule has 0 saturated heterocycles. The van der Waals surface area contributed by atoms with Gasteiger partial charge >= 0.3 is 5.97 Å². The average Bonchev–Trinajstić information content (AvgIpc) is 2.18. The van der Waals surface area contributed by atoms with Crippen molar-refractivity contribution in [2.24, 2.45) is 5.92 Å². The quantitative estimate of drug-likeness (QED) is 0.758. The molecule has 0 aliphatic heterocycles. The Morgan fingerprint density at radius 2 is 2.00 bits per heavy atom. The normalized spacial score (nSPS) is 29.9. The van der Waals surface area contributed by atoms with Crippen molar-refractivity contribution in [3.05, 3.63) is 0 Å². The van der Waals surface area contributed by atoms with E-state index in [1.165, 1.54) is 0 Å². The van der Waals surface area contributed by atoms with Gasteiger partial charge in [0.15, 0.2) is 0 Å². The van der Waals surface area contributed by atoms with Gasteiger partial charge in [0, 0.05) is 0 Å². The molecule has 14 heavy (non-hydrogen) atoms. The molecular weight excluding hydrogens is 180 g/mol. The SMILES string of the molecule is CC[C@@H](C)OC1CCC(C(=O)O)CC1. The fourth-order valence-electron chi connectivity index (χ4n) is 1.87. The molecule has 0 radical (unpaired) electrons. The molecule has 1 N–H and O–H groups in total. The number of aliphatic carboxylic acids is 1. The number of hydrogen-bond donors (Lipinski definition) is 1. The van der Waals surface area contributed by atoms with E-state index in [1.807, 2.05) is 0 Å². The lowest BCUT2D eigenvalue weighted by atomic mass is 9.87. The summed E-state index contributed by atoms with van der Waals surface area (Å²) in [5.41, 5.74) is 0. The minimum absolute atomic E-state index is 0.133. The van der Waals surface area contributed by atoms with Crippen LogP contribution in [-0.2, 0) is 9.53 Å². The van der Waals surface area contributed by atoms with E-state index in [0.29, 0.717) is 12.2 Å². The highest BCUT2D eigenvalue weighted by Gasteiger charge is 2.26. The number of carbonyl (C=O) groups is 1. The largest absolute Gasteiger partial charge is 0.481 e. The Bertz CT molecular complexity index is 183. The van der Waals surface area contributed by atoms with Gasteiger partial charge in [0.1, 0.15) is 0 Å². The molecule has 0 aromatic carbocycles. The standard InChI is InChI=1S/C11H20O3/c1-3-8(2)14-10-6-4-9(5-7-10)11(12)13/h8-10H,3-7H2,1-2H3,(H,12,13)/t8-,9?,10?/m1/s1. The summed E-state index contributed by atoms with van der Waals surface area (Å²) in [6, 6.07) is 0. The molecule has 0 unspecified atom stereocenters. The predicted octanol–water partition coefficient (Wildman–Crippen LogP) is 2.44. The summed E-state index contributed by atoms with van der Waals surface area (Å²) in [5, 5.41) is 8.81. The van der Waals surface area contributed by atoms with Gasteiger partial charge in [-0.15, -0.1) is 0 Å². The van der Waals surface area contributed by atoms with Gasteiger partial charge < -0.3 is 9.84 Å². The van der Waals surface area contributed by atoms with E-state index in [4.69, 9.17) is 9.84 Å². The molecule has 0 amide bonds. The molecule has 0 bridgehead atoms. The predicted molar refractivity (Wildman–Crippen MR) is 54.2 cm³/mol. The lowest BCUT2D eigenvalue weighted by molar-refractivity contribution is -0.144. The van der Waals surface area contributed by atoms with Gasteiger partial charge in [-0.25, -0.2) is 0 Å². The topological polar surface area (TPSA) is 46.5 Å². The molecule has 1 fully saturated rings. The molecular formula is C11H20O3. The Balaban J connectivity index is 2.25.